The van der Waals surface area contributed by atoms with Crippen LogP contribution in [0.5, 0.6) is 0 Å². The molecule has 0 aromatic rings. The van der Waals surface area contributed by atoms with Crippen molar-refractivity contribution in [2.45, 2.75) is 71.1 Å². The average Bonchev–Trinajstić information content (AvgIpc) is 2.19. The minimum atomic E-state index is -4.73. The molecule has 0 unspecified atom stereocenters. The molecule has 0 aliphatic heterocycles. The summed E-state index contributed by atoms with van der Waals surface area (Å²) >= 11 is -4.73. The largest absolute Gasteiger partial charge is 0.209 e. The van der Waals surface area contributed by atoms with Crippen LogP contribution in [0.1, 0.15) is 71.1 Å². The smallest absolute Gasteiger partial charge is 0.125 e. The predicted octanol–water partition coefficient (Wildman–Crippen LogP) is 6.37. The highest BCUT2D eigenvalue weighted by Gasteiger charge is 2.18. The lowest BCUT2D eigenvalue weighted by atomic mass is 10.1. The number of hydrogen-bond acceptors (Lipinski definition) is 0. The molecular formula is C12H25F3S. The molecule has 0 spiro atoms. The molecule has 0 fully saturated rings. The third-order valence-corrected chi connectivity index (χ3v) is 3.48. The number of halogens is 3. The van der Waals surface area contributed by atoms with Gasteiger partial charge in [0.2, 0.25) is 11.2 Å². The quantitative estimate of drug-likeness (QED) is 0.378. The summed E-state index contributed by atoms with van der Waals surface area (Å²) in [5.41, 5.74) is 0. The van der Waals surface area contributed by atoms with E-state index in [2.05, 4.69) is 6.92 Å². The molecular weight excluding hydrogens is 233 g/mol. The van der Waals surface area contributed by atoms with Crippen LogP contribution < -0.4 is 0 Å². The van der Waals surface area contributed by atoms with Crippen LogP contribution in [0, 0.1) is 0 Å². The molecule has 0 aromatic carbocycles. The molecule has 100 valence electrons. The van der Waals surface area contributed by atoms with Gasteiger partial charge < -0.3 is 0 Å². The summed E-state index contributed by atoms with van der Waals surface area (Å²) in [6.07, 6.45) is 10.8. The summed E-state index contributed by atoms with van der Waals surface area (Å²) in [6.45, 7) is 2.20. The van der Waals surface area contributed by atoms with Gasteiger partial charge in [-0.05, 0) is 6.42 Å². The van der Waals surface area contributed by atoms with Crippen LogP contribution in [0.3, 0.4) is 0 Å². The molecule has 0 aliphatic carbocycles. The Morgan fingerprint density at radius 1 is 0.625 bits per heavy atom. The van der Waals surface area contributed by atoms with Gasteiger partial charge in [-0.1, -0.05) is 64.7 Å². The molecule has 0 saturated heterocycles. The maximum Gasteiger partial charge on any atom is 0.209 e. The molecule has 16 heavy (non-hydrogen) atoms. The zero-order valence-electron chi connectivity index (χ0n) is 10.3. The van der Waals surface area contributed by atoms with Gasteiger partial charge in [0.15, 0.2) is 0 Å². The molecule has 0 radical (unpaired) electrons. The Morgan fingerprint density at radius 3 is 1.38 bits per heavy atom. The minimum Gasteiger partial charge on any atom is -0.125 e. The van der Waals surface area contributed by atoms with Gasteiger partial charge in [0.1, 0.15) is 0 Å². The summed E-state index contributed by atoms with van der Waals surface area (Å²) in [7, 11) is 0. The Bertz CT molecular complexity index is 146. The Kier molecular flexibility index (Phi) is 10.4. The van der Waals surface area contributed by atoms with Crippen LogP contribution in [0.15, 0.2) is 0 Å². The molecule has 0 aliphatic rings. The molecule has 0 rings (SSSR count). The van der Waals surface area contributed by atoms with Crippen molar-refractivity contribution in [3.8, 4) is 0 Å². The first-order chi connectivity index (χ1) is 7.56. The third-order valence-electron chi connectivity index (χ3n) is 2.73. The summed E-state index contributed by atoms with van der Waals surface area (Å²) in [5.74, 6) is -0.524. The third kappa shape index (κ3) is 14.1. The summed E-state index contributed by atoms with van der Waals surface area (Å²) < 4.78 is 35.7. The van der Waals surface area contributed by atoms with Gasteiger partial charge in [-0.15, -0.1) is 11.7 Å². The van der Waals surface area contributed by atoms with E-state index in [0.717, 1.165) is 19.3 Å². The van der Waals surface area contributed by atoms with Gasteiger partial charge in [0.25, 0.3) is 0 Å². The van der Waals surface area contributed by atoms with E-state index < -0.39 is 16.9 Å². The lowest BCUT2D eigenvalue weighted by molar-refractivity contribution is 0.557. The summed E-state index contributed by atoms with van der Waals surface area (Å²) in [6, 6.07) is 0. The first-order valence-electron chi connectivity index (χ1n) is 6.46. The normalized spacial score (nSPS) is 13.0. The Morgan fingerprint density at radius 2 is 1.00 bits per heavy atom. The minimum absolute atomic E-state index is 0.342. The van der Waals surface area contributed by atoms with Gasteiger partial charge in [-0.3, -0.25) is 0 Å². The van der Waals surface area contributed by atoms with E-state index in [9.17, 15) is 11.7 Å². The monoisotopic (exact) mass is 258 g/mol. The molecule has 0 amide bonds. The first-order valence-corrected chi connectivity index (χ1v) is 7.96. The van der Waals surface area contributed by atoms with Gasteiger partial charge >= 0.3 is 0 Å². The van der Waals surface area contributed by atoms with Crippen LogP contribution in [0.4, 0.5) is 11.7 Å². The van der Waals surface area contributed by atoms with Crippen LogP contribution in [0.2, 0.25) is 0 Å². The van der Waals surface area contributed by atoms with Crippen molar-refractivity contribution < 1.29 is 11.7 Å². The Labute approximate surface area is 100 Å². The standard InChI is InChI=1S/C12H25F3S/c1-2-3-4-5-6-7-8-9-10-11-12-16(13,14)15/h2-12H2,1H3. The van der Waals surface area contributed by atoms with E-state index in [-0.39, 0.29) is 0 Å². The highest BCUT2D eigenvalue weighted by molar-refractivity contribution is 8.20. The molecule has 0 saturated carbocycles. The van der Waals surface area contributed by atoms with Gasteiger partial charge in [0, 0.05) is 0 Å². The maximum absolute atomic E-state index is 11.9. The number of hydrogen-bond donors (Lipinski definition) is 0. The highest BCUT2D eigenvalue weighted by Crippen LogP contribution is 2.53. The summed E-state index contributed by atoms with van der Waals surface area (Å²) in [5, 5.41) is 0. The van der Waals surface area contributed by atoms with Crippen molar-refractivity contribution in [2.24, 2.45) is 0 Å². The zero-order valence-corrected chi connectivity index (χ0v) is 11.1. The van der Waals surface area contributed by atoms with E-state index in [4.69, 9.17) is 0 Å². The number of rotatable bonds is 11. The lowest BCUT2D eigenvalue weighted by Gasteiger charge is -2.08. The van der Waals surface area contributed by atoms with E-state index >= 15 is 0 Å². The Hall–Kier alpha value is 0.140. The van der Waals surface area contributed by atoms with Gasteiger partial charge in [-0.2, -0.15) is 0 Å². The fourth-order valence-corrected chi connectivity index (χ4v) is 2.28. The topological polar surface area (TPSA) is 0 Å². The van der Waals surface area contributed by atoms with Crippen molar-refractivity contribution >= 4 is 11.2 Å². The molecule has 0 heterocycles. The fraction of sp³-hybridized carbons (Fsp3) is 1.00. The second-order valence-corrected chi connectivity index (χ2v) is 5.80. The van der Waals surface area contributed by atoms with Crippen molar-refractivity contribution in [3.05, 3.63) is 0 Å². The van der Waals surface area contributed by atoms with Gasteiger partial charge in [-0.25, -0.2) is 0 Å². The van der Waals surface area contributed by atoms with Crippen LogP contribution in [-0.2, 0) is 0 Å². The highest BCUT2D eigenvalue weighted by atomic mass is 32.3. The lowest BCUT2D eigenvalue weighted by Crippen LogP contribution is -1.88. The predicted molar refractivity (Wildman–Crippen MR) is 67.6 cm³/mol. The molecule has 4 heteroatoms. The van der Waals surface area contributed by atoms with Crippen molar-refractivity contribution in [2.75, 3.05) is 5.75 Å². The van der Waals surface area contributed by atoms with Crippen LogP contribution in [-0.4, -0.2) is 5.75 Å². The summed E-state index contributed by atoms with van der Waals surface area (Å²) in [4.78, 5) is 0. The van der Waals surface area contributed by atoms with E-state index in [1.165, 1.54) is 38.5 Å². The van der Waals surface area contributed by atoms with Crippen molar-refractivity contribution in [1.29, 1.82) is 0 Å². The first kappa shape index (κ1) is 16.1. The van der Waals surface area contributed by atoms with Gasteiger partial charge in [0.05, 0.1) is 5.75 Å². The average molecular weight is 258 g/mol. The maximum atomic E-state index is 11.9. The number of unbranched alkanes of at least 4 members (excludes halogenated alkanes) is 9. The molecule has 0 N–H and O–H groups in total. The van der Waals surface area contributed by atoms with Crippen LogP contribution in [0.25, 0.3) is 0 Å². The van der Waals surface area contributed by atoms with Crippen LogP contribution >= 0.6 is 11.2 Å². The molecule has 0 aromatic heterocycles. The molecule has 0 bridgehead atoms. The van der Waals surface area contributed by atoms with E-state index in [0.29, 0.717) is 6.42 Å². The van der Waals surface area contributed by atoms with E-state index in [1.807, 2.05) is 0 Å². The Balaban J connectivity index is 2.99. The van der Waals surface area contributed by atoms with E-state index in [1.54, 1.807) is 0 Å². The zero-order chi connectivity index (χ0) is 12.3. The molecule has 0 nitrogen and oxygen atoms in total. The second-order valence-electron chi connectivity index (χ2n) is 4.39. The second kappa shape index (κ2) is 10.3. The fourth-order valence-electron chi connectivity index (χ4n) is 1.75. The SMILES string of the molecule is CCCCCCCCCCCCS(F)(F)F. The van der Waals surface area contributed by atoms with Crippen molar-refractivity contribution in [3.63, 3.8) is 0 Å². The molecule has 0 atom stereocenters. The van der Waals surface area contributed by atoms with Crippen molar-refractivity contribution in [1.82, 2.24) is 0 Å².